The van der Waals surface area contributed by atoms with Gasteiger partial charge in [0.25, 0.3) is 0 Å². The van der Waals surface area contributed by atoms with Gasteiger partial charge in [-0.3, -0.25) is 0 Å². The van der Waals surface area contributed by atoms with Crippen molar-refractivity contribution in [2.24, 2.45) is 0 Å². The molecule has 0 N–H and O–H groups in total. The van der Waals surface area contributed by atoms with Crippen LogP contribution in [0.4, 0.5) is 0 Å². The molecule has 2 saturated carbocycles. The molecule has 0 heterocycles. The monoisotopic (exact) mass is 441 g/mol. The summed E-state index contributed by atoms with van der Waals surface area (Å²) in [5.74, 6) is 1.44. The molecule has 10 radical (unpaired) electrons. The van der Waals surface area contributed by atoms with Gasteiger partial charge >= 0.3 is 17.1 Å². The van der Waals surface area contributed by atoms with E-state index in [1.54, 1.807) is 0 Å². The van der Waals surface area contributed by atoms with E-state index in [1.807, 2.05) is 32.1 Å². The summed E-state index contributed by atoms with van der Waals surface area (Å²) in [6, 6.07) is 22.2. The van der Waals surface area contributed by atoms with Crippen molar-refractivity contribution in [1.82, 2.24) is 4.90 Å². The van der Waals surface area contributed by atoms with E-state index >= 15 is 0 Å². The number of rotatable bonds is 5. The number of hydrogen-bond donors (Lipinski definition) is 0. The van der Waals surface area contributed by atoms with Crippen molar-refractivity contribution in [3.05, 3.63) is 124 Å². The quantitative estimate of drug-likeness (QED) is 0.475. The van der Waals surface area contributed by atoms with E-state index in [0.29, 0.717) is 6.04 Å². The molecule has 2 aromatic rings. The van der Waals surface area contributed by atoms with Crippen molar-refractivity contribution in [2.75, 3.05) is 14.1 Å². The smallest absolute Gasteiger partial charge is 0.306 e. The van der Waals surface area contributed by atoms with Crippen molar-refractivity contribution in [3.63, 3.8) is 0 Å². The first kappa shape index (κ1) is 24.6. The zero-order valence-electron chi connectivity index (χ0n) is 17.2. The molecule has 148 valence electrons. The summed E-state index contributed by atoms with van der Waals surface area (Å²) in [4.78, 5) is 2.28. The van der Waals surface area contributed by atoms with Crippen LogP contribution in [0.15, 0.2) is 60.7 Å². The minimum atomic E-state index is -0.514. The molecular formula is C26H28FeNP+2. The average molecular weight is 441 g/mol. The van der Waals surface area contributed by atoms with E-state index in [9.17, 15) is 0 Å². The van der Waals surface area contributed by atoms with Crippen LogP contribution < -0.4 is 10.6 Å². The van der Waals surface area contributed by atoms with E-state index in [-0.39, 0.29) is 17.1 Å². The Labute approximate surface area is 190 Å². The maximum Gasteiger partial charge on any atom is 2.00 e. The third kappa shape index (κ3) is 6.93. The van der Waals surface area contributed by atoms with Crippen molar-refractivity contribution in [3.8, 4) is 0 Å². The van der Waals surface area contributed by atoms with Crippen molar-refractivity contribution >= 4 is 18.5 Å². The SMILES string of the molecule is C[C@H]([C]1[CH][CH][CH][C]1P(c1ccccc1)c1ccccc1)N(C)C.[CH]1[CH][CH][CH][CH]1.[Fe+2]. The predicted molar refractivity (Wildman–Crippen MR) is 123 cm³/mol. The minimum Gasteiger partial charge on any atom is -0.306 e. The van der Waals surface area contributed by atoms with Crippen LogP contribution in [-0.2, 0) is 17.1 Å². The molecule has 0 spiro atoms. The normalized spacial score (nSPS) is 18.4. The Kier molecular flexibility index (Phi) is 11.0. The molecule has 1 nitrogen and oxygen atoms in total. The summed E-state index contributed by atoms with van der Waals surface area (Å²) in [6.45, 7) is 2.28. The molecule has 2 aliphatic rings. The topological polar surface area (TPSA) is 3.24 Å². The van der Waals surface area contributed by atoms with Gasteiger partial charge in [-0.25, -0.2) is 0 Å². The molecule has 2 aliphatic carbocycles. The fraction of sp³-hybridized carbons (Fsp3) is 0.154. The largest absolute Gasteiger partial charge is 2.00 e. The van der Waals surface area contributed by atoms with Gasteiger partial charge in [-0.15, -0.1) is 0 Å². The van der Waals surface area contributed by atoms with E-state index in [2.05, 4.69) is 106 Å². The van der Waals surface area contributed by atoms with Gasteiger partial charge in [0.1, 0.15) is 0 Å². The van der Waals surface area contributed by atoms with Crippen LogP contribution in [0.3, 0.4) is 0 Å². The Balaban J connectivity index is 0.000000437. The number of nitrogens with zero attached hydrogens (tertiary/aromatic N) is 1. The minimum absolute atomic E-state index is 0. The molecule has 0 aromatic heterocycles. The molecule has 4 rings (SSSR count). The first-order valence-corrected chi connectivity index (χ1v) is 11.0. The average Bonchev–Trinajstić information content (AvgIpc) is 3.45. The standard InChI is InChI=1S/C21H23NP.C5H5.Fe/c1-17(22(2)3)20-15-10-16-21(20)23(18-11-6-4-7-12-18)19-13-8-5-9-14-19;1-2-4-5-3-1;/h4-17H,1-3H3;1-5H;/q;;+2/t17-;;/m1../s1. The van der Waals surface area contributed by atoms with Gasteiger partial charge in [0.2, 0.25) is 0 Å². The third-order valence-electron chi connectivity index (χ3n) is 4.88. The van der Waals surface area contributed by atoms with Crippen molar-refractivity contribution in [2.45, 2.75) is 13.0 Å². The molecule has 2 fully saturated rings. The van der Waals surface area contributed by atoms with Crippen LogP contribution in [-0.4, -0.2) is 25.0 Å². The van der Waals surface area contributed by atoms with Gasteiger partial charge < -0.3 is 4.90 Å². The molecule has 0 bridgehead atoms. The zero-order valence-corrected chi connectivity index (χ0v) is 19.2. The molecule has 3 heteroatoms. The number of benzene rings is 2. The van der Waals surface area contributed by atoms with Gasteiger partial charge in [-0.1, -0.05) is 60.7 Å². The maximum atomic E-state index is 2.31. The first-order valence-electron chi connectivity index (χ1n) is 9.67. The molecule has 0 unspecified atom stereocenters. The summed E-state index contributed by atoms with van der Waals surface area (Å²) < 4.78 is 0. The van der Waals surface area contributed by atoms with Crippen molar-refractivity contribution in [1.29, 1.82) is 0 Å². The van der Waals surface area contributed by atoms with Gasteiger partial charge in [0, 0.05) is 17.6 Å². The maximum absolute atomic E-state index is 2.31. The first-order chi connectivity index (χ1) is 13.7. The second-order valence-corrected chi connectivity index (χ2v) is 9.16. The van der Waals surface area contributed by atoms with Crippen LogP contribution in [0.1, 0.15) is 6.92 Å². The third-order valence-corrected chi connectivity index (χ3v) is 7.39. The molecular weight excluding hydrogens is 413 g/mol. The molecule has 0 saturated heterocycles. The Morgan fingerprint density at radius 2 is 1.10 bits per heavy atom. The molecule has 1 atom stereocenters. The second-order valence-electron chi connectivity index (χ2n) is 6.97. The fourth-order valence-electron chi connectivity index (χ4n) is 3.16. The summed E-state index contributed by atoms with van der Waals surface area (Å²) in [7, 11) is 3.78. The van der Waals surface area contributed by atoms with Gasteiger partial charge in [-0.2, -0.15) is 0 Å². The van der Waals surface area contributed by atoms with Crippen LogP contribution in [0, 0.1) is 62.9 Å². The van der Waals surface area contributed by atoms with Crippen LogP contribution in [0.25, 0.3) is 0 Å². The molecule has 29 heavy (non-hydrogen) atoms. The summed E-state index contributed by atoms with van der Waals surface area (Å²) >= 11 is 0. The van der Waals surface area contributed by atoms with Crippen LogP contribution in [0.5, 0.6) is 0 Å². The molecule has 2 aromatic carbocycles. The van der Waals surface area contributed by atoms with Crippen LogP contribution in [0.2, 0.25) is 0 Å². The molecule has 0 amide bonds. The summed E-state index contributed by atoms with van der Waals surface area (Å²) in [6.07, 6.45) is 16.8. The van der Waals surface area contributed by atoms with Crippen LogP contribution >= 0.6 is 7.92 Å². The van der Waals surface area contributed by atoms with E-state index in [1.165, 1.54) is 22.2 Å². The van der Waals surface area contributed by atoms with E-state index < -0.39 is 7.92 Å². The Morgan fingerprint density at radius 3 is 1.52 bits per heavy atom. The van der Waals surface area contributed by atoms with E-state index in [0.717, 1.165) is 0 Å². The second kappa shape index (κ2) is 12.9. The van der Waals surface area contributed by atoms with Crippen molar-refractivity contribution < 1.29 is 17.1 Å². The molecule has 0 aliphatic heterocycles. The summed E-state index contributed by atoms with van der Waals surface area (Å²) in [5, 5.41) is 2.82. The van der Waals surface area contributed by atoms with Gasteiger partial charge in [0.15, 0.2) is 0 Å². The van der Waals surface area contributed by atoms with Gasteiger partial charge in [0.05, 0.1) is 0 Å². The van der Waals surface area contributed by atoms with Gasteiger partial charge in [-0.05, 0) is 90.9 Å². The zero-order chi connectivity index (χ0) is 19.8. The predicted octanol–water partition coefficient (Wildman–Crippen LogP) is 4.82. The summed E-state index contributed by atoms with van der Waals surface area (Å²) in [5.41, 5.74) is 1.47. The Morgan fingerprint density at radius 1 is 0.655 bits per heavy atom. The number of hydrogen-bond acceptors (Lipinski definition) is 1. The fourth-order valence-corrected chi connectivity index (χ4v) is 5.71. The Hall–Kier alpha value is -0.651. The Bertz CT molecular complexity index is 625. The van der Waals surface area contributed by atoms with E-state index in [4.69, 9.17) is 0 Å².